The monoisotopic (exact) mass is 594 g/mol. The van der Waals surface area contributed by atoms with Crippen LogP contribution in [0.1, 0.15) is 32.6 Å². The summed E-state index contributed by atoms with van der Waals surface area (Å²) in [4.78, 5) is 26.0. The minimum Gasteiger partial charge on any atom is -0.369 e. The standard InChI is InChI=1S/C34H29F3N6O/c1-23-6-9-26(33(44)40-32-20-27(12-13-38-32)34(35,36)37)19-25(23)10-7-24-8-11-31-30(18-24)39-22-43(31)29-5-3-4-28(21-29)42-16-14-41(2)15-17-42/h3-6,8-9,11-13,18-22H,14-17H2,1-2H3,(H,38,40,44). The molecule has 1 fully saturated rings. The number of amides is 1. The molecular formula is C34H29F3N6O. The number of alkyl halides is 3. The van der Waals surface area contributed by atoms with Crippen molar-refractivity contribution in [2.75, 3.05) is 43.4 Å². The van der Waals surface area contributed by atoms with Crippen LogP contribution in [0.2, 0.25) is 0 Å². The fourth-order valence-corrected chi connectivity index (χ4v) is 5.10. The molecule has 0 aliphatic carbocycles. The summed E-state index contributed by atoms with van der Waals surface area (Å²) >= 11 is 0. The van der Waals surface area contributed by atoms with Crippen LogP contribution in [0.15, 0.2) is 85.3 Å². The Morgan fingerprint density at radius 2 is 1.68 bits per heavy atom. The highest BCUT2D eigenvalue weighted by molar-refractivity contribution is 6.04. The maximum absolute atomic E-state index is 13.0. The average Bonchev–Trinajstić information content (AvgIpc) is 3.44. The number of nitrogens with zero attached hydrogens (tertiary/aromatic N) is 5. The molecule has 1 amide bonds. The Labute approximate surface area is 253 Å². The summed E-state index contributed by atoms with van der Waals surface area (Å²) in [5, 5.41) is 2.44. The van der Waals surface area contributed by atoms with Crippen LogP contribution < -0.4 is 10.2 Å². The Morgan fingerprint density at radius 3 is 2.48 bits per heavy atom. The van der Waals surface area contributed by atoms with Crippen LogP contribution in [-0.4, -0.2) is 58.6 Å². The number of piperazine rings is 1. The second kappa shape index (κ2) is 11.9. The third-order valence-corrected chi connectivity index (χ3v) is 7.69. The van der Waals surface area contributed by atoms with E-state index >= 15 is 0 Å². The third kappa shape index (κ3) is 6.28. The molecule has 10 heteroatoms. The number of imidazole rings is 1. The van der Waals surface area contributed by atoms with Gasteiger partial charge in [0.2, 0.25) is 0 Å². The Kier molecular flexibility index (Phi) is 7.80. The van der Waals surface area contributed by atoms with Crippen molar-refractivity contribution >= 4 is 28.4 Å². The first-order valence-electron chi connectivity index (χ1n) is 14.1. The van der Waals surface area contributed by atoms with Crippen molar-refractivity contribution in [3.05, 3.63) is 113 Å². The number of carbonyl (C=O) groups is 1. The summed E-state index contributed by atoms with van der Waals surface area (Å²) in [5.74, 6) is 5.53. The minimum atomic E-state index is -4.54. The number of pyridine rings is 1. The van der Waals surface area contributed by atoms with E-state index in [4.69, 9.17) is 0 Å². The highest BCUT2D eigenvalue weighted by Crippen LogP contribution is 2.30. The molecular weight excluding hydrogens is 565 g/mol. The first-order valence-corrected chi connectivity index (χ1v) is 14.1. The molecule has 0 unspecified atom stereocenters. The fraction of sp³-hybridized carbons (Fsp3) is 0.206. The molecule has 3 aromatic carbocycles. The number of halogens is 3. The second-order valence-electron chi connectivity index (χ2n) is 10.8. The van der Waals surface area contributed by atoms with Crippen molar-refractivity contribution in [3.8, 4) is 17.5 Å². The SMILES string of the molecule is Cc1ccc(C(=O)Nc2cc(C(F)(F)F)ccn2)cc1C#Cc1ccc2c(c1)ncn2-c1cccc(N2CCN(C)CC2)c1. The molecule has 6 rings (SSSR count). The first-order chi connectivity index (χ1) is 21.1. The number of carbonyl (C=O) groups excluding carboxylic acids is 1. The summed E-state index contributed by atoms with van der Waals surface area (Å²) in [6.07, 6.45) is -1.71. The number of aromatic nitrogens is 3. The van der Waals surface area contributed by atoms with Gasteiger partial charge in [0.25, 0.3) is 5.91 Å². The lowest BCUT2D eigenvalue weighted by Crippen LogP contribution is -2.44. The van der Waals surface area contributed by atoms with Crippen molar-refractivity contribution in [2.24, 2.45) is 0 Å². The molecule has 44 heavy (non-hydrogen) atoms. The molecule has 2 aromatic heterocycles. The number of benzene rings is 3. The zero-order chi connectivity index (χ0) is 30.8. The van der Waals surface area contributed by atoms with Gasteiger partial charge in [0.1, 0.15) is 12.1 Å². The van der Waals surface area contributed by atoms with Gasteiger partial charge in [-0.15, -0.1) is 0 Å². The summed E-state index contributed by atoms with van der Waals surface area (Å²) in [6, 6.07) is 20.9. The van der Waals surface area contributed by atoms with Crippen molar-refractivity contribution in [2.45, 2.75) is 13.1 Å². The molecule has 0 atom stereocenters. The lowest BCUT2D eigenvalue weighted by molar-refractivity contribution is -0.137. The van der Waals surface area contributed by atoms with E-state index in [0.717, 1.165) is 72.4 Å². The van der Waals surface area contributed by atoms with Crippen LogP contribution in [0, 0.1) is 18.8 Å². The largest absolute Gasteiger partial charge is 0.416 e. The molecule has 3 heterocycles. The van der Waals surface area contributed by atoms with E-state index in [-0.39, 0.29) is 11.4 Å². The molecule has 0 spiro atoms. The van der Waals surface area contributed by atoms with Gasteiger partial charge in [0.05, 0.1) is 16.6 Å². The molecule has 1 N–H and O–H groups in total. The van der Waals surface area contributed by atoms with Gasteiger partial charge in [-0.1, -0.05) is 24.0 Å². The summed E-state index contributed by atoms with van der Waals surface area (Å²) in [5.41, 5.74) is 5.61. The van der Waals surface area contributed by atoms with Gasteiger partial charge in [-0.25, -0.2) is 9.97 Å². The van der Waals surface area contributed by atoms with Gasteiger partial charge >= 0.3 is 6.18 Å². The van der Waals surface area contributed by atoms with E-state index in [0.29, 0.717) is 5.56 Å². The Balaban J connectivity index is 1.20. The predicted molar refractivity (Wildman–Crippen MR) is 165 cm³/mol. The molecule has 1 aliphatic heterocycles. The van der Waals surface area contributed by atoms with Crippen LogP contribution in [-0.2, 0) is 6.18 Å². The van der Waals surface area contributed by atoms with Crippen molar-refractivity contribution in [3.63, 3.8) is 0 Å². The number of rotatable bonds is 4. The zero-order valence-electron chi connectivity index (χ0n) is 24.2. The van der Waals surface area contributed by atoms with Crippen LogP contribution in [0.4, 0.5) is 24.7 Å². The molecule has 0 saturated carbocycles. The van der Waals surface area contributed by atoms with Crippen LogP contribution in [0.25, 0.3) is 16.7 Å². The lowest BCUT2D eigenvalue weighted by atomic mass is 10.0. The van der Waals surface area contributed by atoms with E-state index < -0.39 is 17.6 Å². The summed E-state index contributed by atoms with van der Waals surface area (Å²) < 4.78 is 41.2. The number of fused-ring (bicyclic) bond motifs is 1. The van der Waals surface area contributed by atoms with E-state index in [1.807, 2.05) is 31.5 Å². The second-order valence-corrected chi connectivity index (χ2v) is 10.8. The number of hydrogen-bond donors (Lipinski definition) is 1. The van der Waals surface area contributed by atoms with Gasteiger partial charge in [-0.05, 0) is 80.2 Å². The van der Waals surface area contributed by atoms with Gasteiger partial charge in [0.15, 0.2) is 0 Å². The third-order valence-electron chi connectivity index (χ3n) is 7.69. The Bertz CT molecular complexity index is 1910. The van der Waals surface area contributed by atoms with Crippen molar-refractivity contribution in [1.29, 1.82) is 0 Å². The van der Waals surface area contributed by atoms with Crippen LogP contribution in [0.3, 0.4) is 0 Å². The van der Waals surface area contributed by atoms with E-state index in [1.165, 1.54) is 5.69 Å². The lowest BCUT2D eigenvalue weighted by Gasteiger charge is -2.34. The molecule has 0 radical (unpaired) electrons. The molecule has 222 valence electrons. The van der Waals surface area contributed by atoms with Gasteiger partial charge in [0, 0.05) is 60.4 Å². The Hall–Kier alpha value is -5.14. The Morgan fingerprint density at radius 1 is 0.886 bits per heavy atom. The van der Waals surface area contributed by atoms with Crippen molar-refractivity contribution in [1.82, 2.24) is 19.4 Å². The van der Waals surface area contributed by atoms with E-state index in [2.05, 4.69) is 72.8 Å². The smallest absolute Gasteiger partial charge is 0.369 e. The van der Waals surface area contributed by atoms with Crippen LogP contribution in [0.5, 0.6) is 0 Å². The molecule has 7 nitrogen and oxygen atoms in total. The van der Waals surface area contributed by atoms with Crippen LogP contribution >= 0.6 is 0 Å². The number of likely N-dealkylation sites (N-methyl/N-ethyl adjacent to an activating group) is 1. The number of aryl methyl sites for hydroxylation is 1. The maximum atomic E-state index is 13.0. The van der Waals surface area contributed by atoms with Gasteiger partial charge in [-0.3, -0.25) is 9.36 Å². The highest BCUT2D eigenvalue weighted by atomic mass is 19.4. The summed E-state index contributed by atoms with van der Waals surface area (Å²) in [6.45, 7) is 5.94. The highest BCUT2D eigenvalue weighted by Gasteiger charge is 2.31. The summed E-state index contributed by atoms with van der Waals surface area (Å²) in [7, 11) is 2.15. The fourth-order valence-electron chi connectivity index (χ4n) is 5.10. The average molecular weight is 595 g/mol. The first kappa shape index (κ1) is 29.0. The number of nitrogens with one attached hydrogen (secondary N) is 1. The van der Waals surface area contributed by atoms with E-state index in [9.17, 15) is 18.0 Å². The molecule has 0 bridgehead atoms. The number of anilines is 2. The predicted octanol–water partition coefficient (Wildman–Crippen LogP) is 6.15. The van der Waals surface area contributed by atoms with Gasteiger partial charge in [-0.2, -0.15) is 13.2 Å². The van der Waals surface area contributed by atoms with E-state index in [1.54, 1.807) is 18.2 Å². The molecule has 5 aromatic rings. The molecule has 1 aliphatic rings. The van der Waals surface area contributed by atoms with Crippen molar-refractivity contribution < 1.29 is 18.0 Å². The topological polar surface area (TPSA) is 66.3 Å². The maximum Gasteiger partial charge on any atom is 0.416 e. The number of hydrogen-bond acceptors (Lipinski definition) is 5. The zero-order valence-corrected chi connectivity index (χ0v) is 24.2. The van der Waals surface area contributed by atoms with Gasteiger partial charge < -0.3 is 15.1 Å². The molecule has 1 saturated heterocycles. The minimum absolute atomic E-state index is 0.183. The normalized spacial score (nSPS) is 13.9. The quantitative estimate of drug-likeness (QED) is 0.253.